The Morgan fingerprint density at radius 3 is 1.23 bits per heavy atom. The molecule has 0 spiro atoms. The highest BCUT2D eigenvalue weighted by Crippen LogP contribution is 2.25. The minimum absolute atomic E-state index is 0.941. The normalized spacial score (nSPS) is 10.5. The van der Waals surface area contributed by atoms with Crippen LogP contribution in [0.4, 0.5) is 0 Å². The molecule has 0 saturated heterocycles. The molecule has 1 aromatic rings. The van der Waals surface area contributed by atoms with Crippen molar-refractivity contribution in [3.8, 4) is 0 Å². The van der Waals surface area contributed by atoms with Gasteiger partial charge in [-0.25, -0.2) is 9.59 Å². The van der Waals surface area contributed by atoms with Crippen molar-refractivity contribution >= 4 is 103 Å². The van der Waals surface area contributed by atoms with Crippen LogP contribution in [-0.2, 0) is 12.7 Å². The number of hydrogen-bond donors (Lipinski definition) is 2. The Hall–Kier alpha value is 0.430. The van der Waals surface area contributed by atoms with Crippen LogP contribution < -0.4 is 0 Å². The van der Waals surface area contributed by atoms with Crippen LogP contribution in [-0.4, -0.2) is 29.7 Å². The molecule has 2 N–H and O–H groups in total. The fourth-order valence-electron chi connectivity index (χ4n) is 0.466. The SMILES string of the molecule is O=C(O)C(Cl)(Cl)Cl.O=C(O)C(Cl)(Cl)Cl.O=Ic1ccccc1. The highest BCUT2D eigenvalue weighted by atomic mass is 127. The zero-order valence-electron chi connectivity index (χ0n) is 10.2. The van der Waals surface area contributed by atoms with E-state index in [1.807, 2.05) is 30.3 Å². The molecule has 0 heterocycles. The lowest BCUT2D eigenvalue weighted by atomic mass is 10.4. The summed E-state index contributed by atoms with van der Waals surface area (Å²) in [5.74, 6) is -2.92. The van der Waals surface area contributed by atoms with E-state index in [0.717, 1.165) is 3.57 Å². The Kier molecular flexibility index (Phi) is 13.3. The average molecular weight is 547 g/mol. The Morgan fingerprint density at radius 1 is 0.818 bits per heavy atom. The second-order valence-corrected chi connectivity index (χ2v) is 9.23. The highest BCUT2D eigenvalue weighted by molar-refractivity contribution is 14.1. The summed E-state index contributed by atoms with van der Waals surface area (Å²) >= 11 is 27.9. The first-order valence-corrected chi connectivity index (χ1v) is 8.97. The number of halogens is 7. The Balaban J connectivity index is 0. The lowest BCUT2D eigenvalue weighted by molar-refractivity contribution is -0.136. The first-order valence-electron chi connectivity index (χ1n) is 4.74. The number of carboxylic acids is 2. The summed E-state index contributed by atoms with van der Waals surface area (Å²) in [6.45, 7) is 0. The molecule has 12 heteroatoms. The molecular formula is C10H7Cl6IO5. The van der Waals surface area contributed by atoms with Crippen LogP contribution in [0.2, 0.25) is 0 Å². The van der Waals surface area contributed by atoms with Gasteiger partial charge in [0, 0.05) is 3.57 Å². The second kappa shape index (κ2) is 11.9. The highest BCUT2D eigenvalue weighted by Gasteiger charge is 2.30. The lowest BCUT2D eigenvalue weighted by Gasteiger charge is -1.99. The molecular weight excluding hydrogens is 540 g/mol. The number of benzene rings is 1. The molecule has 0 bridgehead atoms. The van der Waals surface area contributed by atoms with Crippen molar-refractivity contribution in [2.45, 2.75) is 7.59 Å². The largest absolute Gasteiger partial charge is 0.478 e. The van der Waals surface area contributed by atoms with Crippen LogP contribution in [0.1, 0.15) is 0 Å². The van der Waals surface area contributed by atoms with Crippen LogP contribution in [0.25, 0.3) is 0 Å². The van der Waals surface area contributed by atoms with Crippen molar-refractivity contribution in [2.24, 2.45) is 0 Å². The molecule has 0 amide bonds. The van der Waals surface area contributed by atoms with E-state index < -0.39 is 40.7 Å². The van der Waals surface area contributed by atoms with Gasteiger partial charge in [-0.2, -0.15) is 0 Å². The number of rotatable bonds is 1. The summed E-state index contributed by atoms with van der Waals surface area (Å²) in [6, 6.07) is 9.46. The van der Waals surface area contributed by atoms with Crippen molar-refractivity contribution < 1.29 is 22.9 Å². The van der Waals surface area contributed by atoms with Gasteiger partial charge in [0.15, 0.2) is 21.2 Å². The lowest BCUT2D eigenvalue weighted by Crippen LogP contribution is -2.16. The molecule has 0 aliphatic carbocycles. The van der Waals surface area contributed by atoms with E-state index >= 15 is 0 Å². The Labute approximate surface area is 166 Å². The van der Waals surface area contributed by atoms with Gasteiger partial charge < -0.3 is 10.2 Å². The van der Waals surface area contributed by atoms with E-state index in [-0.39, 0.29) is 0 Å². The minimum Gasteiger partial charge on any atom is -0.478 e. The van der Waals surface area contributed by atoms with Gasteiger partial charge in [0.05, 0.1) is 0 Å². The van der Waals surface area contributed by atoms with Gasteiger partial charge >= 0.3 is 11.9 Å². The summed E-state index contributed by atoms with van der Waals surface area (Å²) in [5, 5.41) is 15.7. The molecule has 126 valence electrons. The van der Waals surface area contributed by atoms with Gasteiger partial charge in [-0.1, -0.05) is 87.8 Å². The standard InChI is InChI=1S/C6H5IO.2C2HCl3O2/c8-7-6-4-2-1-3-5-6;2*3-2(4,5)1(6)7/h1-5H;2*(H,6,7). The number of hydrogen-bond acceptors (Lipinski definition) is 3. The van der Waals surface area contributed by atoms with Crippen molar-refractivity contribution in [1.82, 2.24) is 0 Å². The zero-order valence-corrected chi connectivity index (χ0v) is 16.8. The van der Waals surface area contributed by atoms with E-state index in [9.17, 15) is 12.7 Å². The number of carbonyl (C=O) groups is 2. The molecule has 0 unspecified atom stereocenters. The van der Waals surface area contributed by atoms with Gasteiger partial charge in [0.25, 0.3) is 7.59 Å². The molecule has 0 aliphatic rings. The van der Waals surface area contributed by atoms with E-state index in [2.05, 4.69) is 0 Å². The smallest absolute Gasteiger partial charge is 0.356 e. The first kappa shape index (κ1) is 24.7. The molecule has 0 radical (unpaired) electrons. The summed E-state index contributed by atoms with van der Waals surface area (Å²) < 4.78 is 6.87. The Bertz CT molecular complexity index is 461. The molecule has 1 aromatic carbocycles. The molecule has 0 saturated carbocycles. The third-order valence-electron chi connectivity index (χ3n) is 1.31. The van der Waals surface area contributed by atoms with Crippen LogP contribution in [0.5, 0.6) is 0 Å². The van der Waals surface area contributed by atoms with E-state index in [1.54, 1.807) is 0 Å². The quantitative estimate of drug-likeness (QED) is 0.380. The van der Waals surface area contributed by atoms with Crippen molar-refractivity contribution in [2.75, 3.05) is 0 Å². The zero-order chi connectivity index (χ0) is 18.0. The number of alkyl halides is 6. The molecule has 22 heavy (non-hydrogen) atoms. The topological polar surface area (TPSA) is 91.7 Å². The summed E-state index contributed by atoms with van der Waals surface area (Å²) in [6.07, 6.45) is 0. The molecule has 5 nitrogen and oxygen atoms in total. The van der Waals surface area contributed by atoms with E-state index in [1.165, 1.54) is 0 Å². The van der Waals surface area contributed by atoms with Gasteiger partial charge in [-0.3, -0.25) is 3.07 Å². The van der Waals surface area contributed by atoms with Crippen LogP contribution in [0.15, 0.2) is 30.3 Å². The third kappa shape index (κ3) is 15.3. The maximum absolute atomic E-state index is 10.2. The van der Waals surface area contributed by atoms with Crippen LogP contribution >= 0.6 is 90.8 Å². The molecule has 1 rings (SSSR count). The fourth-order valence-corrected chi connectivity index (χ4v) is 1.17. The molecule has 0 aromatic heterocycles. The van der Waals surface area contributed by atoms with Crippen LogP contribution in [0, 0.1) is 3.57 Å². The first-order chi connectivity index (χ1) is 9.82. The van der Waals surface area contributed by atoms with Gasteiger partial charge in [-0.15, -0.1) is 0 Å². The third-order valence-corrected chi connectivity index (χ3v) is 3.50. The minimum atomic E-state index is -2.17. The van der Waals surface area contributed by atoms with Gasteiger partial charge in [0.2, 0.25) is 0 Å². The summed E-state index contributed by atoms with van der Waals surface area (Å²) in [4.78, 5) is 19.2. The fraction of sp³-hybridized carbons (Fsp3) is 0.200. The predicted molar refractivity (Wildman–Crippen MR) is 95.7 cm³/mol. The number of carboxylic acid groups (broad SMARTS) is 2. The van der Waals surface area contributed by atoms with Gasteiger partial charge in [-0.05, 0) is 12.1 Å². The average Bonchev–Trinajstić information content (AvgIpc) is 2.39. The maximum atomic E-state index is 10.2. The van der Waals surface area contributed by atoms with Crippen molar-refractivity contribution in [3.63, 3.8) is 0 Å². The maximum Gasteiger partial charge on any atom is 0.356 e. The molecule has 0 aliphatic heterocycles. The monoisotopic (exact) mass is 544 g/mol. The predicted octanol–water partition coefficient (Wildman–Crippen LogP) is 5.05. The molecule has 0 fully saturated rings. The second-order valence-electron chi connectivity index (χ2n) is 2.98. The van der Waals surface area contributed by atoms with Crippen molar-refractivity contribution in [1.29, 1.82) is 0 Å². The van der Waals surface area contributed by atoms with E-state index in [0.29, 0.717) is 0 Å². The van der Waals surface area contributed by atoms with Crippen molar-refractivity contribution in [3.05, 3.63) is 33.9 Å². The molecule has 0 atom stereocenters. The Morgan fingerprint density at radius 2 is 1.09 bits per heavy atom. The van der Waals surface area contributed by atoms with Gasteiger partial charge in [0.1, 0.15) is 0 Å². The summed E-state index contributed by atoms with van der Waals surface area (Å²) in [5.41, 5.74) is 0. The van der Waals surface area contributed by atoms with Crippen LogP contribution in [0.3, 0.4) is 0 Å². The number of aliphatic carboxylic acids is 2. The summed E-state index contributed by atoms with van der Waals surface area (Å²) in [7, 11) is 0. The van der Waals surface area contributed by atoms with E-state index in [4.69, 9.17) is 79.8 Å².